The van der Waals surface area contributed by atoms with Crippen LogP contribution in [0.3, 0.4) is 0 Å². The van der Waals surface area contributed by atoms with E-state index in [1.807, 2.05) is 54.6 Å². The van der Waals surface area contributed by atoms with E-state index in [4.69, 9.17) is 28.8 Å². The van der Waals surface area contributed by atoms with Gasteiger partial charge in [0.15, 0.2) is 5.11 Å². The van der Waals surface area contributed by atoms with E-state index in [2.05, 4.69) is 15.6 Å². The molecule has 0 fully saturated rings. The van der Waals surface area contributed by atoms with Gasteiger partial charge in [0.05, 0.1) is 11.4 Å². The van der Waals surface area contributed by atoms with Crippen LogP contribution in [0.2, 0.25) is 5.02 Å². The quantitative estimate of drug-likeness (QED) is 0.596. The number of carbonyl (C=O) groups excluding carboxylic acids is 1. The molecular formula is C23H20ClN5OS. The van der Waals surface area contributed by atoms with Crippen LogP contribution in [0.1, 0.15) is 16.7 Å². The fraction of sp³-hybridized carbons (Fsp3) is 0.130. The summed E-state index contributed by atoms with van der Waals surface area (Å²) in [5.41, 5.74) is 4.10. The van der Waals surface area contributed by atoms with Crippen molar-refractivity contribution in [1.82, 2.24) is 15.6 Å². The zero-order valence-corrected chi connectivity index (χ0v) is 18.3. The van der Waals surface area contributed by atoms with E-state index in [9.17, 15) is 4.79 Å². The normalized spacial score (nSPS) is 15.5. The lowest BCUT2D eigenvalue weighted by atomic mass is 10.0. The van der Waals surface area contributed by atoms with Crippen LogP contribution in [0.15, 0.2) is 78.0 Å². The summed E-state index contributed by atoms with van der Waals surface area (Å²) in [4.78, 5) is 23.6. The maximum Gasteiger partial charge on any atom is 0.272 e. The number of benzodiazepines with no additional fused rings is 1. The van der Waals surface area contributed by atoms with E-state index >= 15 is 0 Å². The summed E-state index contributed by atoms with van der Waals surface area (Å²) >= 11 is 11.7. The largest absolute Gasteiger partial charge is 0.359 e. The predicted octanol–water partition coefficient (Wildman–Crippen LogP) is 3.54. The Labute approximate surface area is 191 Å². The van der Waals surface area contributed by atoms with Gasteiger partial charge in [-0.1, -0.05) is 41.9 Å². The lowest BCUT2D eigenvalue weighted by Gasteiger charge is -2.22. The van der Waals surface area contributed by atoms with Crippen molar-refractivity contribution in [1.29, 1.82) is 0 Å². The number of pyridine rings is 1. The number of aromatic nitrogens is 1. The van der Waals surface area contributed by atoms with Crippen LogP contribution >= 0.6 is 23.8 Å². The first-order chi connectivity index (χ1) is 15.0. The molecule has 4 rings (SSSR count). The first kappa shape index (κ1) is 21.0. The van der Waals surface area contributed by atoms with Gasteiger partial charge in [-0.15, -0.1) is 0 Å². The summed E-state index contributed by atoms with van der Waals surface area (Å²) in [5, 5.41) is 7.08. The number of benzene rings is 2. The standard InChI is InChI=1S/C23H20ClN5OS/c1-29-19-8-7-17(24)13-18(19)20(16-5-3-2-4-6-16)27-21(22(29)30)28-23(31)26-14-15-9-11-25-12-10-15/h2-13,21H,14H2,1H3,(H2,26,28,31). The lowest BCUT2D eigenvalue weighted by molar-refractivity contribution is -0.119. The Bertz CT molecular complexity index is 1140. The predicted molar refractivity (Wildman–Crippen MR) is 128 cm³/mol. The summed E-state index contributed by atoms with van der Waals surface area (Å²) in [7, 11) is 1.72. The third-order valence-electron chi connectivity index (χ3n) is 4.92. The molecule has 31 heavy (non-hydrogen) atoms. The molecule has 2 heterocycles. The molecule has 0 radical (unpaired) electrons. The zero-order valence-electron chi connectivity index (χ0n) is 16.7. The monoisotopic (exact) mass is 449 g/mol. The second-order valence-corrected chi connectivity index (χ2v) is 7.83. The van der Waals surface area contributed by atoms with E-state index in [-0.39, 0.29) is 5.91 Å². The number of fused-ring (bicyclic) bond motifs is 1. The second-order valence-electron chi connectivity index (χ2n) is 6.99. The molecule has 1 unspecified atom stereocenters. The molecule has 3 aromatic rings. The molecule has 156 valence electrons. The maximum atomic E-state index is 13.2. The Morgan fingerprint density at radius 2 is 1.87 bits per heavy atom. The van der Waals surface area contributed by atoms with Crippen molar-refractivity contribution in [3.63, 3.8) is 0 Å². The number of likely N-dealkylation sites (N-methyl/N-ethyl adjacent to an activating group) is 1. The van der Waals surface area contributed by atoms with Crippen LogP contribution in [-0.2, 0) is 11.3 Å². The van der Waals surface area contributed by atoms with Crippen LogP contribution < -0.4 is 15.5 Å². The molecule has 0 saturated heterocycles. The van der Waals surface area contributed by atoms with Gasteiger partial charge in [0.25, 0.3) is 5.91 Å². The van der Waals surface area contributed by atoms with Crippen molar-refractivity contribution < 1.29 is 4.79 Å². The van der Waals surface area contributed by atoms with Crippen LogP contribution in [0.4, 0.5) is 5.69 Å². The van der Waals surface area contributed by atoms with Crippen molar-refractivity contribution in [2.24, 2.45) is 4.99 Å². The van der Waals surface area contributed by atoms with Crippen molar-refractivity contribution >= 4 is 46.2 Å². The Morgan fingerprint density at radius 1 is 1.13 bits per heavy atom. The SMILES string of the molecule is CN1C(=O)C(NC(=S)NCc2ccncc2)N=C(c2ccccc2)c2cc(Cl)ccc21. The molecule has 0 spiro atoms. The number of rotatable bonds is 4. The van der Waals surface area contributed by atoms with Gasteiger partial charge in [-0.3, -0.25) is 9.78 Å². The Kier molecular flexibility index (Phi) is 6.25. The molecule has 1 atom stereocenters. The molecule has 8 heteroatoms. The molecular weight excluding hydrogens is 430 g/mol. The first-order valence-electron chi connectivity index (χ1n) is 9.67. The molecule has 1 amide bonds. The average Bonchev–Trinajstić information content (AvgIpc) is 2.89. The highest BCUT2D eigenvalue weighted by Crippen LogP contribution is 2.29. The molecule has 1 aliphatic rings. The van der Waals surface area contributed by atoms with Gasteiger partial charge in [-0.25, -0.2) is 4.99 Å². The fourth-order valence-corrected chi connectivity index (χ4v) is 3.68. The second kappa shape index (κ2) is 9.24. The topological polar surface area (TPSA) is 69.6 Å². The zero-order chi connectivity index (χ0) is 21.8. The van der Waals surface area contributed by atoms with Crippen molar-refractivity contribution in [2.75, 3.05) is 11.9 Å². The molecule has 0 bridgehead atoms. The Hall–Kier alpha value is -3.29. The number of thiocarbonyl (C=S) groups is 1. The number of nitrogens with zero attached hydrogens (tertiary/aromatic N) is 3. The highest BCUT2D eigenvalue weighted by atomic mass is 35.5. The van der Waals surface area contributed by atoms with Gasteiger partial charge >= 0.3 is 0 Å². The van der Waals surface area contributed by atoms with E-state index in [0.717, 1.165) is 22.4 Å². The number of hydrogen-bond acceptors (Lipinski definition) is 4. The summed E-state index contributed by atoms with van der Waals surface area (Å²) < 4.78 is 0. The van der Waals surface area contributed by atoms with Crippen LogP contribution in [0, 0.1) is 0 Å². The number of hydrogen-bond donors (Lipinski definition) is 2. The Balaban J connectivity index is 1.65. The molecule has 0 saturated carbocycles. The number of anilines is 1. The van der Waals surface area contributed by atoms with Gasteiger partial charge in [0.1, 0.15) is 0 Å². The molecule has 2 N–H and O–H groups in total. The van der Waals surface area contributed by atoms with E-state index in [1.165, 1.54) is 0 Å². The maximum absolute atomic E-state index is 13.2. The van der Waals surface area contributed by atoms with Crippen molar-refractivity contribution in [2.45, 2.75) is 12.7 Å². The number of nitrogens with one attached hydrogen (secondary N) is 2. The van der Waals surface area contributed by atoms with Gasteiger partial charge in [-0.2, -0.15) is 0 Å². The molecule has 1 aliphatic heterocycles. The minimum absolute atomic E-state index is 0.220. The van der Waals surface area contributed by atoms with Gasteiger partial charge < -0.3 is 15.5 Å². The number of halogens is 1. The van der Waals surface area contributed by atoms with Gasteiger partial charge in [0, 0.05) is 42.1 Å². The molecule has 0 aliphatic carbocycles. The van der Waals surface area contributed by atoms with Gasteiger partial charge in [-0.05, 0) is 48.1 Å². The van der Waals surface area contributed by atoms with E-state index < -0.39 is 6.17 Å². The van der Waals surface area contributed by atoms with E-state index in [1.54, 1.807) is 30.4 Å². The minimum Gasteiger partial charge on any atom is -0.359 e. The minimum atomic E-state index is -0.885. The summed E-state index contributed by atoms with van der Waals surface area (Å²) in [6.07, 6.45) is 2.55. The van der Waals surface area contributed by atoms with Gasteiger partial charge in [0.2, 0.25) is 6.17 Å². The van der Waals surface area contributed by atoms with Crippen LogP contribution in [-0.4, -0.2) is 34.9 Å². The Morgan fingerprint density at radius 3 is 2.61 bits per heavy atom. The lowest BCUT2D eigenvalue weighted by Crippen LogP contribution is -2.49. The molecule has 2 aromatic carbocycles. The number of amides is 1. The third-order valence-corrected chi connectivity index (χ3v) is 5.41. The summed E-state index contributed by atoms with van der Waals surface area (Å²) in [5.74, 6) is -0.220. The number of carbonyl (C=O) groups is 1. The van der Waals surface area contributed by atoms with Crippen molar-refractivity contribution in [3.8, 4) is 0 Å². The first-order valence-corrected chi connectivity index (χ1v) is 10.5. The molecule has 1 aromatic heterocycles. The van der Waals surface area contributed by atoms with Crippen molar-refractivity contribution in [3.05, 3.63) is 94.8 Å². The average molecular weight is 450 g/mol. The van der Waals surface area contributed by atoms with Crippen LogP contribution in [0.5, 0.6) is 0 Å². The smallest absolute Gasteiger partial charge is 0.272 e. The number of aliphatic imine (C=N–C) groups is 1. The third kappa shape index (κ3) is 4.73. The van der Waals surface area contributed by atoms with Crippen LogP contribution in [0.25, 0.3) is 0 Å². The summed E-state index contributed by atoms with van der Waals surface area (Å²) in [6, 6.07) is 18.9. The molecule has 6 nitrogen and oxygen atoms in total. The fourth-order valence-electron chi connectivity index (χ4n) is 3.32. The van der Waals surface area contributed by atoms with E-state index in [0.29, 0.717) is 22.4 Å². The highest BCUT2D eigenvalue weighted by molar-refractivity contribution is 7.80. The highest BCUT2D eigenvalue weighted by Gasteiger charge is 2.30. The summed E-state index contributed by atoms with van der Waals surface area (Å²) in [6.45, 7) is 0.510.